The van der Waals surface area contributed by atoms with Crippen LogP contribution in [0.3, 0.4) is 0 Å². The van der Waals surface area contributed by atoms with Crippen molar-refractivity contribution in [3.05, 3.63) is 53.1 Å². The highest BCUT2D eigenvalue weighted by atomic mass is 35.5. The van der Waals surface area contributed by atoms with Crippen LogP contribution in [0.25, 0.3) is 0 Å². The van der Waals surface area contributed by atoms with Gasteiger partial charge in [-0.3, -0.25) is 0 Å². The number of hydrogen-bond acceptors (Lipinski definition) is 3. The van der Waals surface area contributed by atoms with Crippen LogP contribution in [0.1, 0.15) is 5.56 Å². The summed E-state index contributed by atoms with van der Waals surface area (Å²) >= 11 is 5.79. The molecule has 2 aromatic rings. The zero-order chi connectivity index (χ0) is 12.3. The maximum Gasteiger partial charge on any atom is 0.150 e. The van der Waals surface area contributed by atoms with Gasteiger partial charge in [0.15, 0.2) is 0 Å². The van der Waals surface area contributed by atoms with Crippen molar-refractivity contribution in [1.29, 1.82) is 5.26 Å². The molecular weight excluding hydrogens is 236 g/mol. The van der Waals surface area contributed by atoms with Gasteiger partial charge >= 0.3 is 0 Å². The van der Waals surface area contributed by atoms with Crippen molar-refractivity contribution >= 4 is 17.3 Å². The van der Waals surface area contributed by atoms with Gasteiger partial charge in [-0.05, 0) is 30.3 Å². The van der Waals surface area contributed by atoms with E-state index in [1.54, 1.807) is 42.5 Å². The second kappa shape index (κ2) is 4.77. The number of nitrogens with zero attached hydrogens (tertiary/aromatic N) is 1. The highest BCUT2D eigenvalue weighted by Gasteiger charge is 2.06. The third-order valence-corrected chi connectivity index (χ3v) is 2.43. The molecule has 0 aliphatic heterocycles. The monoisotopic (exact) mass is 244 g/mol. The molecule has 0 radical (unpaired) electrons. The highest BCUT2D eigenvalue weighted by molar-refractivity contribution is 6.30. The third kappa shape index (κ3) is 2.49. The summed E-state index contributed by atoms with van der Waals surface area (Å²) in [5.74, 6) is 0.959. The van der Waals surface area contributed by atoms with Gasteiger partial charge in [-0.25, -0.2) is 0 Å². The predicted octanol–water partition coefficient (Wildman–Crippen LogP) is 3.59. The second-order valence-electron chi connectivity index (χ2n) is 3.39. The van der Waals surface area contributed by atoms with E-state index in [0.29, 0.717) is 27.8 Å². The smallest absolute Gasteiger partial charge is 0.150 e. The van der Waals surface area contributed by atoms with Gasteiger partial charge in [-0.1, -0.05) is 23.7 Å². The van der Waals surface area contributed by atoms with Crippen LogP contribution in [-0.2, 0) is 0 Å². The van der Waals surface area contributed by atoms with Gasteiger partial charge in [0.1, 0.15) is 17.6 Å². The summed E-state index contributed by atoms with van der Waals surface area (Å²) in [6.45, 7) is 0. The van der Waals surface area contributed by atoms with E-state index in [9.17, 15) is 0 Å². The molecule has 17 heavy (non-hydrogen) atoms. The van der Waals surface area contributed by atoms with Gasteiger partial charge in [-0.15, -0.1) is 0 Å². The fourth-order valence-electron chi connectivity index (χ4n) is 1.38. The summed E-state index contributed by atoms with van der Waals surface area (Å²) in [6, 6.07) is 14.0. The molecule has 2 rings (SSSR count). The summed E-state index contributed by atoms with van der Waals surface area (Å²) in [5, 5.41) is 9.47. The largest absolute Gasteiger partial charge is 0.454 e. The van der Waals surface area contributed by atoms with Crippen LogP contribution in [-0.4, -0.2) is 0 Å². The molecule has 0 aliphatic rings. The van der Waals surface area contributed by atoms with E-state index in [0.717, 1.165) is 0 Å². The van der Waals surface area contributed by atoms with Crippen LogP contribution in [0.4, 0.5) is 5.69 Å². The van der Waals surface area contributed by atoms with E-state index in [2.05, 4.69) is 6.07 Å². The molecule has 0 atom stereocenters. The molecule has 0 aliphatic carbocycles. The molecule has 4 heteroatoms. The first-order valence-electron chi connectivity index (χ1n) is 4.92. The summed E-state index contributed by atoms with van der Waals surface area (Å²) in [7, 11) is 0. The van der Waals surface area contributed by atoms with Crippen molar-refractivity contribution in [2.45, 2.75) is 0 Å². The molecule has 0 bridgehead atoms. The van der Waals surface area contributed by atoms with Crippen LogP contribution < -0.4 is 10.5 Å². The SMILES string of the molecule is N#Cc1ccccc1Oc1ccc(Cl)cc1N. The minimum Gasteiger partial charge on any atom is -0.454 e. The molecule has 0 amide bonds. The number of halogens is 1. The maximum absolute atomic E-state index is 8.93. The van der Waals surface area contributed by atoms with Gasteiger partial charge in [0.25, 0.3) is 0 Å². The summed E-state index contributed by atoms with van der Waals surface area (Å²) < 4.78 is 5.58. The predicted molar refractivity (Wildman–Crippen MR) is 67.1 cm³/mol. The Morgan fingerprint density at radius 1 is 1.12 bits per heavy atom. The van der Waals surface area contributed by atoms with Gasteiger partial charge < -0.3 is 10.5 Å². The molecule has 0 heterocycles. The van der Waals surface area contributed by atoms with Gasteiger partial charge in [-0.2, -0.15) is 5.26 Å². The minimum atomic E-state index is 0.435. The van der Waals surface area contributed by atoms with E-state index in [1.807, 2.05) is 0 Å². The van der Waals surface area contributed by atoms with Crippen LogP contribution in [0.2, 0.25) is 5.02 Å². The fraction of sp³-hybridized carbons (Fsp3) is 0. The topological polar surface area (TPSA) is 59.0 Å². The average Bonchev–Trinajstić information content (AvgIpc) is 2.33. The van der Waals surface area contributed by atoms with Gasteiger partial charge in [0, 0.05) is 5.02 Å². The summed E-state index contributed by atoms with van der Waals surface area (Å²) in [5.41, 5.74) is 6.66. The van der Waals surface area contributed by atoms with Gasteiger partial charge in [0.2, 0.25) is 0 Å². The molecular formula is C13H9ClN2O. The van der Waals surface area contributed by atoms with Crippen LogP contribution in [0.15, 0.2) is 42.5 Å². The number of benzene rings is 2. The number of anilines is 1. The second-order valence-corrected chi connectivity index (χ2v) is 3.83. The minimum absolute atomic E-state index is 0.435. The normalized spacial score (nSPS) is 9.65. The standard InChI is InChI=1S/C13H9ClN2O/c14-10-5-6-13(11(16)7-10)17-12-4-2-1-3-9(12)8-15/h1-7H,16H2. The van der Waals surface area contributed by atoms with E-state index < -0.39 is 0 Å². The van der Waals surface area contributed by atoms with Crippen molar-refractivity contribution in [2.75, 3.05) is 5.73 Å². The number of nitrogens with two attached hydrogens (primary N) is 1. The van der Waals surface area contributed by atoms with Crippen LogP contribution in [0, 0.1) is 11.3 Å². The van der Waals surface area contributed by atoms with E-state index in [1.165, 1.54) is 0 Å². The lowest BCUT2D eigenvalue weighted by Crippen LogP contribution is -1.93. The number of hydrogen-bond donors (Lipinski definition) is 1. The molecule has 0 saturated carbocycles. The van der Waals surface area contributed by atoms with E-state index >= 15 is 0 Å². The molecule has 0 aromatic heterocycles. The van der Waals surface area contributed by atoms with Crippen LogP contribution in [0.5, 0.6) is 11.5 Å². The molecule has 2 aromatic carbocycles. The lowest BCUT2D eigenvalue weighted by molar-refractivity contribution is 0.483. The molecule has 2 N–H and O–H groups in total. The molecule has 0 spiro atoms. The Bertz CT molecular complexity index is 590. The zero-order valence-corrected chi connectivity index (χ0v) is 9.61. The first kappa shape index (κ1) is 11.3. The Balaban J connectivity index is 2.35. The lowest BCUT2D eigenvalue weighted by Gasteiger charge is -2.09. The van der Waals surface area contributed by atoms with Crippen molar-refractivity contribution in [1.82, 2.24) is 0 Å². The molecule has 0 unspecified atom stereocenters. The molecule has 0 fully saturated rings. The van der Waals surface area contributed by atoms with Crippen LogP contribution >= 0.6 is 11.6 Å². The Labute approximate surface area is 104 Å². The first-order chi connectivity index (χ1) is 8.20. The molecule has 84 valence electrons. The zero-order valence-electron chi connectivity index (χ0n) is 8.85. The van der Waals surface area contributed by atoms with Gasteiger partial charge in [0.05, 0.1) is 11.3 Å². The average molecular weight is 245 g/mol. The maximum atomic E-state index is 8.93. The van der Waals surface area contributed by atoms with E-state index in [4.69, 9.17) is 27.3 Å². The Morgan fingerprint density at radius 2 is 1.88 bits per heavy atom. The summed E-state index contributed by atoms with van der Waals surface area (Å²) in [4.78, 5) is 0. The number of para-hydroxylation sites is 1. The summed E-state index contributed by atoms with van der Waals surface area (Å²) in [6.07, 6.45) is 0. The first-order valence-corrected chi connectivity index (χ1v) is 5.30. The van der Waals surface area contributed by atoms with E-state index in [-0.39, 0.29) is 0 Å². The van der Waals surface area contributed by atoms with Crippen molar-refractivity contribution < 1.29 is 4.74 Å². The number of nitrogen functional groups attached to an aromatic ring is 1. The number of ether oxygens (including phenoxy) is 1. The Morgan fingerprint density at radius 3 is 2.59 bits per heavy atom. The molecule has 3 nitrogen and oxygen atoms in total. The van der Waals surface area contributed by atoms with Crippen molar-refractivity contribution in [3.8, 4) is 17.6 Å². The third-order valence-electron chi connectivity index (χ3n) is 2.20. The van der Waals surface area contributed by atoms with Crippen molar-refractivity contribution in [3.63, 3.8) is 0 Å². The molecule has 0 saturated heterocycles. The number of nitriles is 1. The Kier molecular flexibility index (Phi) is 3.17. The lowest BCUT2D eigenvalue weighted by atomic mass is 10.2. The highest BCUT2D eigenvalue weighted by Crippen LogP contribution is 2.31. The number of rotatable bonds is 2. The quantitative estimate of drug-likeness (QED) is 0.822. The Hall–Kier alpha value is -2.18. The van der Waals surface area contributed by atoms with Crippen molar-refractivity contribution in [2.24, 2.45) is 0 Å². The fourth-order valence-corrected chi connectivity index (χ4v) is 1.56.